The molecule has 0 saturated carbocycles. The van der Waals surface area contributed by atoms with Crippen LogP contribution in [0.4, 0.5) is 0 Å². The van der Waals surface area contributed by atoms with E-state index < -0.39 is 0 Å². The van der Waals surface area contributed by atoms with Crippen molar-refractivity contribution in [3.05, 3.63) is 34.3 Å². The van der Waals surface area contributed by atoms with Crippen molar-refractivity contribution >= 4 is 28.6 Å². The van der Waals surface area contributed by atoms with Crippen LogP contribution in [-0.4, -0.2) is 59.8 Å². The highest BCUT2D eigenvalue weighted by Gasteiger charge is 2.16. The summed E-state index contributed by atoms with van der Waals surface area (Å²) in [5, 5.41) is 11.0. The Morgan fingerprint density at radius 1 is 1.57 bits per heavy atom. The number of hydrogen-bond acceptors (Lipinski definition) is 7. The van der Waals surface area contributed by atoms with Crippen LogP contribution < -0.4 is 0 Å². The Morgan fingerprint density at radius 2 is 2.33 bits per heavy atom. The second-order valence-corrected chi connectivity index (χ2v) is 6.57. The van der Waals surface area contributed by atoms with Crippen molar-refractivity contribution in [1.29, 1.82) is 0 Å². The number of rotatable bonds is 9. The Hall–Kier alpha value is -0.990. The monoisotopic (exact) mass is 331 g/mol. The van der Waals surface area contributed by atoms with Crippen molar-refractivity contribution in [1.82, 2.24) is 4.90 Å². The molecule has 0 aliphatic heterocycles. The summed E-state index contributed by atoms with van der Waals surface area (Å²) in [5.41, 5.74) is 0. The minimum Gasteiger partial charge on any atom is -0.468 e. The first kappa shape index (κ1) is 18.1. The number of thioether (sulfide) groups is 2. The first-order valence-electron chi connectivity index (χ1n) is 6.51. The molecule has 1 rings (SSSR count). The second-order valence-electron chi connectivity index (χ2n) is 4.54. The van der Waals surface area contributed by atoms with Crippen molar-refractivity contribution in [2.24, 2.45) is 4.99 Å². The van der Waals surface area contributed by atoms with Gasteiger partial charge in [0.15, 0.2) is 0 Å². The van der Waals surface area contributed by atoms with Crippen molar-refractivity contribution < 1.29 is 9.34 Å². The van der Waals surface area contributed by atoms with Gasteiger partial charge in [0, 0.05) is 23.0 Å². The van der Waals surface area contributed by atoms with Crippen LogP contribution in [-0.2, 0) is 0 Å². The maximum atomic E-state index is 10.4. The van der Waals surface area contributed by atoms with Gasteiger partial charge < -0.3 is 4.42 Å². The van der Waals surface area contributed by atoms with Crippen molar-refractivity contribution in [2.45, 2.75) is 6.04 Å². The molecule has 21 heavy (non-hydrogen) atoms. The minimum atomic E-state index is -0.346. The molecule has 0 bridgehead atoms. The van der Waals surface area contributed by atoms with Gasteiger partial charge in [-0.2, -0.15) is 11.8 Å². The van der Waals surface area contributed by atoms with Gasteiger partial charge in [0.25, 0.3) is 6.54 Å². The number of aliphatic imine (C=N–C) groups is 1. The maximum Gasteiger partial charge on any atom is 0.250 e. The van der Waals surface area contributed by atoms with Gasteiger partial charge in [-0.25, -0.2) is 0 Å². The Labute approximate surface area is 133 Å². The summed E-state index contributed by atoms with van der Waals surface area (Å²) in [4.78, 5) is 16.5. The first-order chi connectivity index (χ1) is 10.0. The summed E-state index contributed by atoms with van der Waals surface area (Å²) in [6.07, 6.45) is 3.50. The van der Waals surface area contributed by atoms with Gasteiger partial charge in [0.05, 0.1) is 12.3 Å². The zero-order chi connectivity index (χ0) is 15.7. The third-order valence-corrected chi connectivity index (χ3v) is 4.55. The number of furan rings is 1. The van der Waals surface area contributed by atoms with E-state index in [0.29, 0.717) is 11.6 Å². The first-order valence-corrected chi connectivity index (χ1v) is 8.89. The molecule has 0 radical (unpaired) electrons. The molecule has 0 saturated heterocycles. The van der Waals surface area contributed by atoms with Crippen LogP contribution >= 0.6 is 23.5 Å². The van der Waals surface area contributed by atoms with Gasteiger partial charge in [-0.05, 0) is 32.5 Å². The van der Waals surface area contributed by atoms with Crippen LogP contribution in [0.5, 0.6) is 0 Å². The second kappa shape index (κ2) is 9.86. The number of hydrogen-bond donors (Lipinski definition) is 0. The molecule has 1 atom stereocenters. The number of nitro groups is 1. The predicted molar refractivity (Wildman–Crippen MR) is 90.1 cm³/mol. The van der Waals surface area contributed by atoms with Crippen LogP contribution in [0.1, 0.15) is 11.8 Å². The van der Waals surface area contributed by atoms with Crippen molar-refractivity contribution in [3.8, 4) is 0 Å². The van der Waals surface area contributed by atoms with E-state index in [4.69, 9.17) is 4.42 Å². The molecule has 0 fully saturated rings. The van der Waals surface area contributed by atoms with Gasteiger partial charge in [0.1, 0.15) is 10.8 Å². The molecule has 0 aliphatic carbocycles. The number of nitrogens with zero attached hydrogens (tertiary/aromatic N) is 3. The minimum absolute atomic E-state index is 0.182. The van der Waals surface area contributed by atoms with E-state index in [1.165, 1.54) is 11.8 Å². The lowest BCUT2D eigenvalue weighted by Gasteiger charge is -2.21. The van der Waals surface area contributed by atoms with E-state index in [1.807, 2.05) is 32.5 Å². The summed E-state index contributed by atoms with van der Waals surface area (Å²) >= 11 is 3.11. The quantitative estimate of drug-likeness (QED) is 0.228. The van der Waals surface area contributed by atoms with E-state index in [1.54, 1.807) is 18.0 Å². The van der Waals surface area contributed by atoms with E-state index in [2.05, 4.69) is 9.89 Å². The topological polar surface area (TPSA) is 71.9 Å². The zero-order valence-electron chi connectivity index (χ0n) is 12.5. The van der Waals surface area contributed by atoms with E-state index in [0.717, 1.165) is 17.3 Å². The third-order valence-electron chi connectivity index (χ3n) is 2.79. The molecule has 0 aliphatic rings. The molecule has 1 aromatic heterocycles. The van der Waals surface area contributed by atoms with E-state index in [-0.39, 0.29) is 17.5 Å². The van der Waals surface area contributed by atoms with Gasteiger partial charge in [0.2, 0.25) is 0 Å². The van der Waals surface area contributed by atoms with Crippen molar-refractivity contribution in [2.75, 3.05) is 44.9 Å². The summed E-state index contributed by atoms with van der Waals surface area (Å²) in [5.74, 6) is 2.70. The summed E-state index contributed by atoms with van der Waals surface area (Å²) in [7, 11) is 4.05. The lowest BCUT2D eigenvalue weighted by molar-refractivity contribution is -0.462. The summed E-state index contributed by atoms with van der Waals surface area (Å²) < 4.78 is 5.45. The highest BCUT2D eigenvalue weighted by molar-refractivity contribution is 8.13. The predicted octanol–water partition coefficient (Wildman–Crippen LogP) is 2.65. The average molecular weight is 331 g/mol. The molecule has 0 aromatic carbocycles. The standard InChI is InChI=1S/C13H21N3O3S2/c1-15(2)11(12-5-4-7-19-12)10-21-8-6-14-13(20-3)9-16(17)18/h4-5,7,11H,6,8-10H2,1-3H3. The Bertz CT molecular complexity index is 450. The SMILES string of the molecule is CSC(C[N+](=O)[O-])=NCCSCC(c1ccco1)N(C)C. The van der Waals surface area contributed by atoms with Crippen molar-refractivity contribution in [3.63, 3.8) is 0 Å². The Balaban J connectivity index is 2.35. The zero-order valence-corrected chi connectivity index (χ0v) is 14.2. The molecule has 6 nitrogen and oxygen atoms in total. The lowest BCUT2D eigenvalue weighted by atomic mass is 10.2. The summed E-state index contributed by atoms with van der Waals surface area (Å²) in [6, 6.07) is 4.10. The van der Waals surface area contributed by atoms with Crippen LogP contribution in [0.3, 0.4) is 0 Å². The molecule has 0 N–H and O–H groups in total. The molecule has 118 valence electrons. The van der Waals surface area contributed by atoms with Crippen LogP contribution in [0, 0.1) is 10.1 Å². The van der Waals surface area contributed by atoms with E-state index >= 15 is 0 Å². The molecular weight excluding hydrogens is 310 g/mol. The Morgan fingerprint density at radius 3 is 2.86 bits per heavy atom. The molecule has 1 unspecified atom stereocenters. The molecule has 8 heteroatoms. The highest BCUT2D eigenvalue weighted by atomic mass is 32.2. The smallest absolute Gasteiger partial charge is 0.250 e. The molecule has 1 heterocycles. The fourth-order valence-electron chi connectivity index (χ4n) is 1.69. The highest BCUT2D eigenvalue weighted by Crippen LogP contribution is 2.23. The normalized spacial score (nSPS) is 13.6. The summed E-state index contributed by atoms with van der Waals surface area (Å²) in [6.45, 7) is 0.422. The van der Waals surface area contributed by atoms with Gasteiger partial charge in [-0.15, -0.1) is 11.8 Å². The largest absolute Gasteiger partial charge is 0.468 e. The third kappa shape index (κ3) is 7.01. The lowest BCUT2D eigenvalue weighted by Crippen LogP contribution is -2.21. The van der Waals surface area contributed by atoms with Crippen LogP contribution in [0.25, 0.3) is 0 Å². The van der Waals surface area contributed by atoms with Crippen LogP contribution in [0.2, 0.25) is 0 Å². The molecule has 1 aromatic rings. The fourth-order valence-corrected chi connectivity index (χ4v) is 3.21. The van der Waals surface area contributed by atoms with E-state index in [9.17, 15) is 10.1 Å². The van der Waals surface area contributed by atoms with Gasteiger partial charge in [-0.3, -0.25) is 20.0 Å². The average Bonchev–Trinajstić information content (AvgIpc) is 2.94. The van der Waals surface area contributed by atoms with Gasteiger partial charge in [-0.1, -0.05) is 0 Å². The van der Waals surface area contributed by atoms with Gasteiger partial charge >= 0.3 is 0 Å². The molecule has 0 spiro atoms. The molecule has 0 amide bonds. The fraction of sp³-hybridized carbons (Fsp3) is 0.615. The van der Waals surface area contributed by atoms with Crippen LogP contribution in [0.15, 0.2) is 27.8 Å². The maximum absolute atomic E-state index is 10.4. The molecular formula is C13H21N3O3S2. The Kier molecular flexibility index (Phi) is 8.48.